The summed E-state index contributed by atoms with van der Waals surface area (Å²) in [6.07, 6.45) is 15.7. The van der Waals surface area contributed by atoms with Gasteiger partial charge >= 0.3 is 11.9 Å². The number of hydrogen-bond donors (Lipinski definition) is 1. The Bertz CT molecular complexity index is 814. The van der Waals surface area contributed by atoms with Crippen LogP contribution in [-0.2, 0) is 16.0 Å². The minimum absolute atomic E-state index is 0.0280. The van der Waals surface area contributed by atoms with Crippen LogP contribution < -0.4 is 0 Å². The molecule has 0 amide bonds. The predicted molar refractivity (Wildman–Crippen MR) is 145 cm³/mol. The Hall–Kier alpha value is -2.62. The van der Waals surface area contributed by atoms with Gasteiger partial charge in [0, 0.05) is 6.42 Å². The number of aromatic carboxylic acids is 1. The highest BCUT2D eigenvalue weighted by Gasteiger charge is 2.08. The molecule has 2 rings (SSSR count). The van der Waals surface area contributed by atoms with E-state index >= 15 is 0 Å². The molecule has 194 valence electrons. The summed E-state index contributed by atoms with van der Waals surface area (Å²) in [7, 11) is 0. The van der Waals surface area contributed by atoms with Crippen LogP contribution in [0.5, 0.6) is 0 Å². The van der Waals surface area contributed by atoms with Gasteiger partial charge in [0.05, 0.1) is 11.7 Å². The fourth-order valence-corrected chi connectivity index (χ4v) is 3.95. The highest BCUT2D eigenvalue weighted by molar-refractivity contribution is 5.89. The number of esters is 1. The number of hydrogen-bond acceptors (Lipinski definition) is 3. The van der Waals surface area contributed by atoms with E-state index in [4.69, 9.17) is 9.84 Å². The molecule has 0 heterocycles. The van der Waals surface area contributed by atoms with Crippen LogP contribution in [0.25, 0.3) is 0 Å². The van der Waals surface area contributed by atoms with Gasteiger partial charge in [0.2, 0.25) is 0 Å². The second kappa shape index (κ2) is 19.7. The third-order valence-corrected chi connectivity index (χ3v) is 5.84. The van der Waals surface area contributed by atoms with E-state index in [1.807, 2.05) is 56.3 Å². The second-order valence-electron chi connectivity index (χ2n) is 9.45. The van der Waals surface area contributed by atoms with Gasteiger partial charge in [-0.2, -0.15) is 0 Å². The lowest BCUT2D eigenvalue weighted by molar-refractivity contribution is -0.147. The highest BCUT2D eigenvalue weighted by Crippen LogP contribution is 2.14. The number of ether oxygens (including phenoxy) is 1. The van der Waals surface area contributed by atoms with Gasteiger partial charge in [-0.3, -0.25) is 4.79 Å². The number of benzene rings is 2. The first kappa shape index (κ1) is 30.4. The molecule has 4 nitrogen and oxygen atoms in total. The molecule has 35 heavy (non-hydrogen) atoms. The lowest BCUT2D eigenvalue weighted by Crippen LogP contribution is -2.10. The minimum Gasteiger partial charge on any atom is -0.478 e. The summed E-state index contributed by atoms with van der Waals surface area (Å²) >= 11 is 0. The van der Waals surface area contributed by atoms with Gasteiger partial charge in [-0.1, -0.05) is 120 Å². The van der Waals surface area contributed by atoms with Crippen LogP contribution >= 0.6 is 0 Å². The van der Waals surface area contributed by atoms with Gasteiger partial charge in [0.15, 0.2) is 0 Å². The van der Waals surface area contributed by atoms with E-state index < -0.39 is 5.97 Å². The number of rotatable bonds is 16. The zero-order chi connectivity index (χ0) is 25.7. The number of carboxylic acid groups (broad SMARTS) is 1. The van der Waals surface area contributed by atoms with Crippen LogP contribution in [0.15, 0.2) is 54.6 Å². The first-order valence-electron chi connectivity index (χ1n) is 13.5. The van der Waals surface area contributed by atoms with Gasteiger partial charge in [-0.15, -0.1) is 0 Å². The molecular weight excluding hydrogens is 436 g/mol. The Kier molecular flexibility index (Phi) is 17.1. The largest absolute Gasteiger partial charge is 0.478 e. The van der Waals surface area contributed by atoms with Crippen molar-refractivity contribution in [3.63, 3.8) is 0 Å². The van der Waals surface area contributed by atoms with E-state index in [0.717, 1.165) is 17.5 Å². The Labute approximate surface area is 213 Å². The molecule has 0 aromatic heterocycles. The zero-order valence-corrected chi connectivity index (χ0v) is 22.1. The Morgan fingerprint density at radius 3 is 1.80 bits per heavy atom. The van der Waals surface area contributed by atoms with Crippen molar-refractivity contribution < 1.29 is 19.4 Å². The molecule has 0 atom stereocenters. The Morgan fingerprint density at radius 1 is 0.743 bits per heavy atom. The summed E-state index contributed by atoms with van der Waals surface area (Å²) in [5.74, 6) is -0.905. The number of carbonyl (C=O) groups is 2. The fourth-order valence-electron chi connectivity index (χ4n) is 3.95. The van der Waals surface area contributed by atoms with Crippen LogP contribution in [0.2, 0.25) is 0 Å². The van der Waals surface area contributed by atoms with E-state index in [0.29, 0.717) is 18.4 Å². The van der Waals surface area contributed by atoms with Crippen molar-refractivity contribution >= 4 is 11.9 Å². The Balaban J connectivity index is 0.000000353. The fraction of sp³-hybridized carbons (Fsp3) is 0.548. The zero-order valence-electron chi connectivity index (χ0n) is 22.1. The third-order valence-electron chi connectivity index (χ3n) is 5.84. The molecule has 2 aromatic carbocycles. The van der Waals surface area contributed by atoms with Crippen molar-refractivity contribution in [1.82, 2.24) is 0 Å². The van der Waals surface area contributed by atoms with Crippen LogP contribution in [-0.4, -0.2) is 23.1 Å². The smallest absolute Gasteiger partial charge is 0.335 e. The average Bonchev–Trinajstić information content (AvgIpc) is 2.83. The number of unbranched alkanes of at least 4 members (excludes halogenated alkanes) is 10. The molecule has 0 aliphatic heterocycles. The van der Waals surface area contributed by atoms with Crippen molar-refractivity contribution in [2.24, 2.45) is 0 Å². The van der Waals surface area contributed by atoms with Gasteiger partial charge in [-0.05, 0) is 43.9 Å². The second-order valence-corrected chi connectivity index (χ2v) is 9.45. The summed E-state index contributed by atoms with van der Waals surface area (Å²) in [6, 6.07) is 17.0. The van der Waals surface area contributed by atoms with Crippen LogP contribution in [0.3, 0.4) is 0 Å². The monoisotopic (exact) mass is 482 g/mol. The molecule has 0 unspecified atom stereocenters. The van der Waals surface area contributed by atoms with Gasteiger partial charge < -0.3 is 9.84 Å². The first-order valence-corrected chi connectivity index (χ1v) is 13.5. The summed E-state index contributed by atoms with van der Waals surface area (Å²) in [5.41, 5.74) is 2.35. The first-order chi connectivity index (χ1) is 16.9. The van der Waals surface area contributed by atoms with Gasteiger partial charge in [0.1, 0.15) is 0 Å². The van der Waals surface area contributed by atoms with Crippen LogP contribution in [0.4, 0.5) is 0 Å². The normalized spacial score (nSPS) is 10.5. The summed E-state index contributed by atoms with van der Waals surface area (Å²) in [5, 5.41) is 9.04. The molecule has 4 heteroatoms. The van der Waals surface area contributed by atoms with Gasteiger partial charge in [-0.25, -0.2) is 4.79 Å². The van der Waals surface area contributed by atoms with E-state index in [1.165, 1.54) is 64.2 Å². The van der Waals surface area contributed by atoms with Crippen molar-refractivity contribution in [2.45, 2.75) is 110 Å². The quantitative estimate of drug-likeness (QED) is 0.192. The van der Waals surface area contributed by atoms with Crippen molar-refractivity contribution in [2.75, 3.05) is 0 Å². The summed E-state index contributed by atoms with van der Waals surface area (Å²) < 4.78 is 5.10. The molecule has 0 aliphatic carbocycles. The molecule has 0 saturated carbocycles. The van der Waals surface area contributed by atoms with E-state index in [1.54, 1.807) is 12.1 Å². The number of carboxylic acids is 1. The maximum absolute atomic E-state index is 11.3. The van der Waals surface area contributed by atoms with Crippen molar-refractivity contribution in [3.05, 3.63) is 71.3 Å². The molecule has 0 bridgehead atoms. The molecule has 2 aromatic rings. The average molecular weight is 483 g/mol. The molecular formula is C31H46O4. The molecule has 0 saturated heterocycles. The SMILES string of the molecule is CCCCCCCCCCCCCC(=O)OC(C)C.O=C(O)c1ccccc1Cc1ccccc1. The van der Waals surface area contributed by atoms with E-state index in [2.05, 4.69) is 6.92 Å². The van der Waals surface area contributed by atoms with E-state index in [-0.39, 0.29) is 12.1 Å². The standard InChI is InChI=1S/C17H34O2.C14H12O2/c1-4-5-6-7-8-9-10-11-12-13-14-15-17(18)19-16(2)3;15-14(16)13-9-5-4-8-12(13)10-11-6-2-1-3-7-11/h16H,4-15H2,1-3H3;1-9H,10H2,(H,15,16). The summed E-state index contributed by atoms with van der Waals surface area (Å²) in [4.78, 5) is 22.3. The lowest BCUT2D eigenvalue weighted by Gasteiger charge is -2.07. The highest BCUT2D eigenvalue weighted by atomic mass is 16.5. The van der Waals surface area contributed by atoms with Gasteiger partial charge in [0.25, 0.3) is 0 Å². The summed E-state index contributed by atoms with van der Waals surface area (Å²) in [6.45, 7) is 6.06. The predicted octanol–water partition coefficient (Wildman–Crippen LogP) is 8.61. The topological polar surface area (TPSA) is 63.6 Å². The number of carbonyl (C=O) groups excluding carboxylic acids is 1. The maximum Gasteiger partial charge on any atom is 0.335 e. The lowest BCUT2D eigenvalue weighted by atomic mass is 10.00. The molecule has 0 spiro atoms. The maximum atomic E-state index is 11.3. The van der Waals surface area contributed by atoms with Crippen LogP contribution in [0, 0.1) is 0 Å². The third kappa shape index (κ3) is 15.8. The van der Waals surface area contributed by atoms with E-state index in [9.17, 15) is 9.59 Å². The molecule has 0 aliphatic rings. The molecule has 0 fully saturated rings. The Morgan fingerprint density at radius 2 is 1.26 bits per heavy atom. The molecule has 1 N–H and O–H groups in total. The van der Waals surface area contributed by atoms with Crippen LogP contribution in [0.1, 0.15) is 119 Å². The minimum atomic E-state index is -0.869. The molecule has 0 radical (unpaired) electrons. The van der Waals surface area contributed by atoms with Crippen molar-refractivity contribution in [3.8, 4) is 0 Å². The van der Waals surface area contributed by atoms with Crippen molar-refractivity contribution in [1.29, 1.82) is 0 Å².